The van der Waals surface area contributed by atoms with Gasteiger partial charge < -0.3 is 14.6 Å². The van der Waals surface area contributed by atoms with E-state index in [1.165, 1.54) is 4.90 Å². The highest BCUT2D eigenvalue weighted by molar-refractivity contribution is 6.51. The van der Waals surface area contributed by atoms with E-state index in [2.05, 4.69) is 4.98 Å². The zero-order valence-corrected chi connectivity index (χ0v) is 21.8. The molecule has 1 aromatic heterocycles. The maximum Gasteiger partial charge on any atom is 0.338 e. The van der Waals surface area contributed by atoms with Crippen LogP contribution in [0.5, 0.6) is 5.75 Å². The molecule has 1 amide bonds. The minimum absolute atomic E-state index is 0.0360. The average Bonchev–Trinajstić information content (AvgIpc) is 3.17. The van der Waals surface area contributed by atoms with Gasteiger partial charge in [0.2, 0.25) is 0 Å². The third kappa shape index (κ3) is 5.29. The van der Waals surface area contributed by atoms with E-state index in [1.54, 1.807) is 80.8 Å². The molecule has 1 atom stereocenters. The summed E-state index contributed by atoms with van der Waals surface area (Å²) in [4.78, 5) is 44.4. The maximum absolute atomic E-state index is 13.4. The SMILES string of the molecule is CCCOc1ccc(/C(O)=C2/C(=O)C(=O)N(c3ccc(C(=O)OC(C)C)cc3)C2c2ccncc2)cc1C. The molecule has 1 unspecified atom stereocenters. The van der Waals surface area contributed by atoms with Gasteiger partial charge in [-0.25, -0.2) is 4.79 Å². The third-order valence-electron chi connectivity index (χ3n) is 6.10. The van der Waals surface area contributed by atoms with Crippen LogP contribution in [0.15, 0.2) is 72.6 Å². The highest BCUT2D eigenvalue weighted by Gasteiger charge is 2.47. The molecule has 0 aliphatic carbocycles. The van der Waals surface area contributed by atoms with Gasteiger partial charge in [-0.05, 0) is 92.9 Å². The van der Waals surface area contributed by atoms with E-state index in [9.17, 15) is 19.5 Å². The average molecular weight is 515 g/mol. The first-order chi connectivity index (χ1) is 18.2. The summed E-state index contributed by atoms with van der Waals surface area (Å²) in [6, 6.07) is 13.9. The summed E-state index contributed by atoms with van der Waals surface area (Å²) in [6.45, 7) is 7.94. The Hall–Kier alpha value is -4.46. The third-order valence-corrected chi connectivity index (χ3v) is 6.10. The number of esters is 1. The molecule has 1 N–H and O–H groups in total. The fourth-order valence-corrected chi connectivity index (χ4v) is 4.33. The zero-order valence-electron chi connectivity index (χ0n) is 21.8. The van der Waals surface area contributed by atoms with Crippen molar-refractivity contribution in [2.24, 2.45) is 0 Å². The molecule has 0 saturated carbocycles. The van der Waals surface area contributed by atoms with Crippen molar-refractivity contribution >= 4 is 29.1 Å². The molecular formula is C30H30N2O6. The number of pyridine rings is 1. The second-order valence-electron chi connectivity index (χ2n) is 9.28. The lowest BCUT2D eigenvalue weighted by molar-refractivity contribution is -0.132. The first kappa shape index (κ1) is 26.6. The number of hydrogen-bond donors (Lipinski definition) is 1. The number of anilines is 1. The lowest BCUT2D eigenvalue weighted by Crippen LogP contribution is -2.29. The highest BCUT2D eigenvalue weighted by Crippen LogP contribution is 2.42. The largest absolute Gasteiger partial charge is 0.507 e. The first-order valence-electron chi connectivity index (χ1n) is 12.5. The van der Waals surface area contributed by atoms with Crippen LogP contribution in [-0.2, 0) is 14.3 Å². The second-order valence-corrected chi connectivity index (χ2v) is 9.28. The van der Waals surface area contributed by atoms with E-state index < -0.39 is 23.7 Å². The molecule has 196 valence electrons. The Morgan fingerprint density at radius 3 is 2.29 bits per heavy atom. The molecule has 8 heteroatoms. The molecule has 38 heavy (non-hydrogen) atoms. The lowest BCUT2D eigenvalue weighted by atomic mass is 9.95. The van der Waals surface area contributed by atoms with E-state index in [-0.39, 0.29) is 17.4 Å². The molecule has 0 bridgehead atoms. The normalized spacial score (nSPS) is 16.7. The van der Waals surface area contributed by atoms with Gasteiger partial charge in [-0.3, -0.25) is 19.5 Å². The Bertz CT molecular complexity index is 1380. The van der Waals surface area contributed by atoms with Gasteiger partial charge in [0.05, 0.1) is 29.9 Å². The van der Waals surface area contributed by atoms with Crippen LogP contribution in [0.2, 0.25) is 0 Å². The number of benzene rings is 2. The van der Waals surface area contributed by atoms with Crippen molar-refractivity contribution in [3.8, 4) is 5.75 Å². The van der Waals surface area contributed by atoms with E-state index in [4.69, 9.17) is 9.47 Å². The van der Waals surface area contributed by atoms with Crippen molar-refractivity contribution < 1.29 is 29.0 Å². The fraction of sp³-hybridized carbons (Fsp3) is 0.267. The lowest BCUT2D eigenvalue weighted by Gasteiger charge is -2.25. The summed E-state index contributed by atoms with van der Waals surface area (Å²) in [5.41, 5.74) is 2.47. The molecule has 2 heterocycles. The van der Waals surface area contributed by atoms with Gasteiger partial charge in [-0.1, -0.05) is 6.92 Å². The van der Waals surface area contributed by atoms with Crippen LogP contribution in [0.1, 0.15) is 60.3 Å². The number of aryl methyl sites for hydroxylation is 1. The van der Waals surface area contributed by atoms with E-state index in [0.29, 0.717) is 34.7 Å². The van der Waals surface area contributed by atoms with Crippen molar-refractivity contribution in [1.82, 2.24) is 4.98 Å². The summed E-state index contributed by atoms with van der Waals surface area (Å²) in [5, 5.41) is 11.4. The fourth-order valence-electron chi connectivity index (χ4n) is 4.33. The summed E-state index contributed by atoms with van der Waals surface area (Å²) in [6.07, 6.45) is 3.70. The molecule has 1 fully saturated rings. The molecule has 0 spiro atoms. The molecule has 1 saturated heterocycles. The number of nitrogens with zero attached hydrogens (tertiary/aromatic N) is 2. The van der Waals surface area contributed by atoms with Crippen LogP contribution in [0.4, 0.5) is 5.69 Å². The number of rotatable bonds is 8. The smallest absolute Gasteiger partial charge is 0.338 e. The molecule has 3 aromatic rings. The van der Waals surface area contributed by atoms with E-state index in [0.717, 1.165) is 12.0 Å². The Morgan fingerprint density at radius 1 is 1.03 bits per heavy atom. The minimum Gasteiger partial charge on any atom is -0.507 e. The quantitative estimate of drug-likeness (QED) is 0.186. The monoisotopic (exact) mass is 514 g/mol. The highest BCUT2D eigenvalue weighted by atomic mass is 16.5. The van der Waals surface area contributed by atoms with Crippen LogP contribution in [-0.4, -0.2) is 40.5 Å². The van der Waals surface area contributed by atoms with E-state index >= 15 is 0 Å². The number of aromatic nitrogens is 1. The van der Waals surface area contributed by atoms with Gasteiger partial charge in [0.15, 0.2) is 0 Å². The van der Waals surface area contributed by atoms with Crippen molar-refractivity contribution in [2.45, 2.75) is 46.3 Å². The number of carbonyl (C=O) groups is 3. The van der Waals surface area contributed by atoms with Crippen molar-refractivity contribution in [2.75, 3.05) is 11.5 Å². The number of ether oxygens (including phenoxy) is 2. The Balaban J connectivity index is 1.79. The molecule has 1 aliphatic rings. The van der Waals surface area contributed by atoms with Gasteiger partial charge in [0.25, 0.3) is 11.7 Å². The van der Waals surface area contributed by atoms with Gasteiger partial charge in [0, 0.05) is 23.6 Å². The van der Waals surface area contributed by atoms with Crippen LogP contribution >= 0.6 is 0 Å². The number of aliphatic hydroxyl groups excluding tert-OH is 1. The summed E-state index contributed by atoms with van der Waals surface area (Å²) < 4.78 is 11.0. The number of aliphatic hydroxyl groups is 1. The number of ketones is 1. The van der Waals surface area contributed by atoms with Gasteiger partial charge >= 0.3 is 5.97 Å². The van der Waals surface area contributed by atoms with Crippen LogP contribution in [0, 0.1) is 6.92 Å². The van der Waals surface area contributed by atoms with Crippen LogP contribution < -0.4 is 9.64 Å². The number of carbonyl (C=O) groups excluding carboxylic acids is 3. The number of Topliss-reactive ketones (excluding diaryl/α,β-unsaturated/α-hetero) is 1. The van der Waals surface area contributed by atoms with Crippen LogP contribution in [0.3, 0.4) is 0 Å². The molecular weight excluding hydrogens is 484 g/mol. The maximum atomic E-state index is 13.4. The minimum atomic E-state index is -0.900. The second kappa shape index (κ2) is 11.3. The summed E-state index contributed by atoms with van der Waals surface area (Å²) >= 11 is 0. The Labute approximate surface area is 221 Å². The number of amides is 1. The van der Waals surface area contributed by atoms with Gasteiger partial charge in [-0.2, -0.15) is 0 Å². The van der Waals surface area contributed by atoms with Crippen molar-refractivity contribution in [3.05, 3.63) is 94.8 Å². The molecule has 8 nitrogen and oxygen atoms in total. The Morgan fingerprint density at radius 2 is 1.68 bits per heavy atom. The number of hydrogen-bond acceptors (Lipinski definition) is 7. The van der Waals surface area contributed by atoms with Gasteiger partial charge in [0.1, 0.15) is 11.5 Å². The van der Waals surface area contributed by atoms with Crippen LogP contribution in [0.25, 0.3) is 5.76 Å². The Kier molecular flexibility index (Phi) is 7.90. The first-order valence-corrected chi connectivity index (χ1v) is 12.5. The predicted molar refractivity (Wildman–Crippen MR) is 143 cm³/mol. The van der Waals surface area contributed by atoms with Crippen molar-refractivity contribution in [1.29, 1.82) is 0 Å². The topological polar surface area (TPSA) is 106 Å². The van der Waals surface area contributed by atoms with Gasteiger partial charge in [-0.15, -0.1) is 0 Å². The van der Waals surface area contributed by atoms with E-state index in [1.807, 2.05) is 13.8 Å². The standard InChI is InChI=1S/C30H30N2O6/c1-5-16-37-24-11-8-22(17-19(24)4)27(33)25-26(20-12-14-31-15-13-20)32(29(35)28(25)34)23-9-6-21(7-10-23)30(36)38-18(2)3/h6-15,17-18,26,33H,5,16H2,1-4H3/b27-25-. The summed E-state index contributed by atoms with van der Waals surface area (Å²) in [5.74, 6) is -1.68. The molecule has 0 radical (unpaired) electrons. The summed E-state index contributed by atoms with van der Waals surface area (Å²) in [7, 11) is 0. The molecule has 1 aliphatic heterocycles. The predicted octanol–water partition coefficient (Wildman–Crippen LogP) is 5.37. The molecule has 2 aromatic carbocycles. The zero-order chi connectivity index (χ0) is 27.4. The van der Waals surface area contributed by atoms with Crippen molar-refractivity contribution in [3.63, 3.8) is 0 Å². The molecule has 4 rings (SSSR count).